The molecule has 3 aromatic heterocycles. The normalized spacial score (nSPS) is 17.4. The minimum atomic E-state index is -0.898. The van der Waals surface area contributed by atoms with Gasteiger partial charge in [0.25, 0.3) is 11.8 Å². The minimum absolute atomic E-state index is 0.219. The number of methoxy groups -OCH3 is 2. The fraction of sp³-hybridized carbons (Fsp3) is 0.295. The van der Waals surface area contributed by atoms with Gasteiger partial charge in [0.1, 0.15) is 23.7 Å². The standard InChI is InChI=1S/C44H45N9O6/c1-58-43(56)49-36(30-11-5-3-6-12-30)41(54)52-21-9-15-34(52)39-46-26-33(48-39)29-19-17-27(18-20-29)23-28-24-32-38(45-25-28)51-40(47-32)35-16-10-22-53(35)42(55)37(50-44(57)59-2)31-13-7-4-8-14-31/h3-8,11-14,17-20,24-26,34-37H,9-10,15-16,21-23H2,1-2H3,(H,46,48)(H,49,56)(H,50,57)(H,45,47,51)/t34-,35-,36+,37+/m0/s1. The van der Waals surface area contributed by atoms with Crippen molar-refractivity contribution in [1.29, 1.82) is 0 Å². The van der Waals surface area contributed by atoms with Gasteiger partial charge in [-0.25, -0.2) is 24.5 Å². The van der Waals surface area contributed by atoms with Crippen molar-refractivity contribution in [3.8, 4) is 11.3 Å². The second kappa shape index (κ2) is 17.2. The Morgan fingerprint density at radius 2 is 1.25 bits per heavy atom. The van der Waals surface area contributed by atoms with E-state index in [1.807, 2.05) is 85.1 Å². The molecule has 0 spiro atoms. The van der Waals surface area contributed by atoms with E-state index in [-0.39, 0.29) is 23.9 Å². The fourth-order valence-electron chi connectivity index (χ4n) is 8.09. The number of hydrogen-bond donors (Lipinski definition) is 4. The number of ether oxygens (including phenoxy) is 2. The van der Waals surface area contributed by atoms with Crippen LogP contribution in [-0.4, -0.2) is 86.0 Å². The van der Waals surface area contributed by atoms with E-state index in [4.69, 9.17) is 19.4 Å². The predicted octanol–water partition coefficient (Wildman–Crippen LogP) is 6.46. The first-order valence-corrected chi connectivity index (χ1v) is 19.7. The number of H-pyrrole nitrogens is 2. The number of nitrogens with one attached hydrogen (secondary N) is 4. The van der Waals surface area contributed by atoms with Gasteiger partial charge in [-0.15, -0.1) is 0 Å². The van der Waals surface area contributed by atoms with E-state index >= 15 is 0 Å². The molecule has 15 heteroatoms. The molecule has 2 aliphatic heterocycles. The first kappa shape index (κ1) is 38.8. The number of benzene rings is 3. The Hall–Kier alpha value is -7.03. The van der Waals surface area contributed by atoms with Gasteiger partial charge in [0.05, 0.1) is 43.7 Å². The highest BCUT2D eigenvalue weighted by atomic mass is 16.5. The van der Waals surface area contributed by atoms with Crippen molar-refractivity contribution >= 4 is 35.2 Å². The molecule has 0 bridgehead atoms. The van der Waals surface area contributed by atoms with Gasteiger partial charge in [-0.05, 0) is 66.0 Å². The Bertz CT molecular complexity index is 2440. The zero-order valence-electron chi connectivity index (χ0n) is 32.8. The summed E-state index contributed by atoms with van der Waals surface area (Å²) in [6.45, 7) is 1.08. The first-order valence-electron chi connectivity index (χ1n) is 19.7. The van der Waals surface area contributed by atoms with Gasteiger partial charge in [0.15, 0.2) is 5.65 Å². The van der Waals surface area contributed by atoms with Crippen LogP contribution in [0.1, 0.15) is 83.8 Å². The van der Waals surface area contributed by atoms with Crippen LogP contribution < -0.4 is 10.6 Å². The Kier molecular flexibility index (Phi) is 11.3. The molecule has 3 aromatic carbocycles. The van der Waals surface area contributed by atoms with Crippen LogP contribution >= 0.6 is 0 Å². The average Bonchev–Trinajstić information content (AvgIpc) is 4.12. The number of nitrogens with zero attached hydrogens (tertiary/aromatic N) is 5. The number of pyridine rings is 1. The number of amides is 4. The Labute approximate surface area is 340 Å². The number of fused-ring (bicyclic) bond motifs is 1. The van der Waals surface area contributed by atoms with E-state index in [1.54, 1.807) is 16.0 Å². The SMILES string of the molecule is COC(=O)N[C@@H](C(=O)N1CCC[C@H]1c1ncc(-c2ccc(Cc3cnc4nc([C@@H]5CCCN5C(=O)[C@H](NC(=O)OC)c5ccccc5)[nH]c4c3)cc2)[nH]1)c1ccccc1. The van der Waals surface area contributed by atoms with Crippen LogP contribution in [0.4, 0.5) is 9.59 Å². The maximum absolute atomic E-state index is 13.9. The summed E-state index contributed by atoms with van der Waals surface area (Å²) >= 11 is 0. The van der Waals surface area contributed by atoms with Crippen molar-refractivity contribution in [3.05, 3.63) is 137 Å². The molecule has 0 saturated carbocycles. The molecular formula is C44H45N9O6. The summed E-state index contributed by atoms with van der Waals surface area (Å²) in [5.74, 6) is 0.897. The molecule has 4 atom stereocenters. The summed E-state index contributed by atoms with van der Waals surface area (Å²) in [7, 11) is 2.55. The summed E-state index contributed by atoms with van der Waals surface area (Å²) in [6, 6.07) is 26.2. The van der Waals surface area contributed by atoms with Crippen LogP contribution in [-0.2, 0) is 25.5 Å². The lowest BCUT2D eigenvalue weighted by atomic mass is 10.0. The van der Waals surface area contributed by atoms with E-state index in [0.29, 0.717) is 47.9 Å². The zero-order chi connectivity index (χ0) is 40.9. The molecule has 6 aromatic rings. The molecule has 59 heavy (non-hydrogen) atoms. The molecule has 8 rings (SSSR count). The van der Waals surface area contributed by atoms with Crippen molar-refractivity contribution in [2.75, 3.05) is 27.3 Å². The lowest BCUT2D eigenvalue weighted by Crippen LogP contribution is -2.42. The highest BCUT2D eigenvalue weighted by Crippen LogP contribution is 2.36. The lowest BCUT2D eigenvalue weighted by Gasteiger charge is -2.28. The van der Waals surface area contributed by atoms with E-state index in [9.17, 15) is 19.2 Å². The molecule has 0 radical (unpaired) electrons. The molecule has 4 N–H and O–H groups in total. The number of hydrogen-bond acceptors (Lipinski definition) is 9. The predicted molar refractivity (Wildman–Crippen MR) is 218 cm³/mol. The van der Waals surface area contributed by atoms with E-state index < -0.39 is 24.3 Å². The van der Waals surface area contributed by atoms with Gasteiger partial charge in [0, 0.05) is 19.3 Å². The number of alkyl carbamates (subject to hydrolysis) is 2. The number of imidazole rings is 2. The molecule has 4 amide bonds. The smallest absolute Gasteiger partial charge is 0.407 e. The molecule has 2 fully saturated rings. The number of aromatic nitrogens is 5. The molecular weight excluding hydrogens is 751 g/mol. The number of carbonyl (C=O) groups is 4. The number of rotatable bonds is 11. The van der Waals surface area contributed by atoms with Crippen LogP contribution in [0.25, 0.3) is 22.4 Å². The third kappa shape index (κ3) is 8.35. The largest absolute Gasteiger partial charge is 0.453 e. The van der Waals surface area contributed by atoms with E-state index in [2.05, 4.69) is 37.7 Å². The number of likely N-dealkylation sites (tertiary alicyclic amines) is 2. The van der Waals surface area contributed by atoms with Crippen LogP contribution in [0.15, 0.2) is 103 Å². The molecule has 0 aliphatic carbocycles. The zero-order valence-corrected chi connectivity index (χ0v) is 32.8. The van der Waals surface area contributed by atoms with Crippen molar-refractivity contribution in [3.63, 3.8) is 0 Å². The van der Waals surface area contributed by atoms with E-state index in [0.717, 1.165) is 53.6 Å². The molecule has 5 heterocycles. The maximum atomic E-state index is 13.9. The second-order valence-electron chi connectivity index (χ2n) is 14.7. The highest BCUT2D eigenvalue weighted by Gasteiger charge is 2.38. The number of aromatic amines is 2. The summed E-state index contributed by atoms with van der Waals surface area (Å²) in [4.78, 5) is 76.8. The number of carbonyl (C=O) groups excluding carboxylic acids is 4. The Morgan fingerprint density at radius 1 is 0.695 bits per heavy atom. The molecule has 302 valence electrons. The van der Waals surface area contributed by atoms with Crippen LogP contribution in [0.3, 0.4) is 0 Å². The van der Waals surface area contributed by atoms with Gasteiger partial charge < -0.3 is 39.9 Å². The van der Waals surface area contributed by atoms with Crippen molar-refractivity contribution in [2.24, 2.45) is 0 Å². The summed E-state index contributed by atoms with van der Waals surface area (Å²) in [5.41, 5.74) is 6.56. The van der Waals surface area contributed by atoms with Gasteiger partial charge in [0.2, 0.25) is 0 Å². The third-order valence-electron chi connectivity index (χ3n) is 11.0. The molecule has 0 unspecified atom stereocenters. The van der Waals surface area contributed by atoms with E-state index in [1.165, 1.54) is 14.2 Å². The topological polar surface area (TPSA) is 188 Å². The quantitative estimate of drug-likeness (QED) is 0.114. The monoisotopic (exact) mass is 795 g/mol. The third-order valence-corrected chi connectivity index (χ3v) is 11.0. The van der Waals surface area contributed by atoms with Crippen molar-refractivity contribution in [1.82, 2.24) is 45.4 Å². The van der Waals surface area contributed by atoms with Crippen molar-refractivity contribution < 1.29 is 28.7 Å². The van der Waals surface area contributed by atoms with Crippen molar-refractivity contribution in [2.45, 2.75) is 56.3 Å². The van der Waals surface area contributed by atoms with Crippen LogP contribution in [0.5, 0.6) is 0 Å². The fourth-order valence-corrected chi connectivity index (χ4v) is 8.09. The molecule has 15 nitrogen and oxygen atoms in total. The Morgan fingerprint density at radius 3 is 1.81 bits per heavy atom. The van der Waals surface area contributed by atoms with Crippen LogP contribution in [0, 0.1) is 0 Å². The Balaban J connectivity index is 0.937. The van der Waals surface area contributed by atoms with Gasteiger partial charge in [-0.1, -0.05) is 84.9 Å². The lowest BCUT2D eigenvalue weighted by molar-refractivity contribution is -0.135. The summed E-state index contributed by atoms with van der Waals surface area (Å²) in [5, 5.41) is 5.41. The second-order valence-corrected chi connectivity index (χ2v) is 14.7. The van der Waals surface area contributed by atoms with Gasteiger partial charge in [-0.3, -0.25) is 9.59 Å². The average molecular weight is 796 g/mol. The molecule has 2 saturated heterocycles. The summed E-state index contributed by atoms with van der Waals surface area (Å²) < 4.78 is 9.65. The van der Waals surface area contributed by atoms with Gasteiger partial charge >= 0.3 is 12.2 Å². The van der Waals surface area contributed by atoms with Gasteiger partial charge in [-0.2, -0.15) is 0 Å². The highest BCUT2D eigenvalue weighted by molar-refractivity contribution is 5.88. The summed E-state index contributed by atoms with van der Waals surface area (Å²) in [6.07, 6.45) is 5.97. The maximum Gasteiger partial charge on any atom is 0.407 e. The first-order chi connectivity index (χ1) is 28.8. The molecule has 2 aliphatic rings. The van der Waals surface area contributed by atoms with Crippen LogP contribution in [0.2, 0.25) is 0 Å². The minimum Gasteiger partial charge on any atom is -0.453 e.